The topological polar surface area (TPSA) is 85.1 Å². The standard InChI is InChI=1S/C14H17N3O3S/c1-3-10-9(7-13(18)19)11(4-2)17(14(20)16-10)8-12-15-5-6-21-12/h5-6H,3-4,7-8H2,1-2H3,(H,18,19). The molecule has 0 saturated carbocycles. The molecule has 0 fully saturated rings. The third kappa shape index (κ3) is 3.36. The largest absolute Gasteiger partial charge is 0.481 e. The van der Waals surface area contributed by atoms with Gasteiger partial charge in [-0.15, -0.1) is 11.3 Å². The minimum atomic E-state index is -0.916. The molecule has 0 amide bonds. The van der Waals surface area contributed by atoms with Crippen LogP contribution in [0.5, 0.6) is 0 Å². The van der Waals surface area contributed by atoms with Crippen LogP contribution in [0.2, 0.25) is 0 Å². The van der Waals surface area contributed by atoms with Crippen molar-refractivity contribution < 1.29 is 9.90 Å². The molecule has 1 N–H and O–H groups in total. The number of carboxylic acid groups (broad SMARTS) is 1. The number of aryl methyl sites for hydroxylation is 1. The Hall–Kier alpha value is -2.02. The third-order valence-corrected chi connectivity index (χ3v) is 4.02. The molecule has 2 heterocycles. The molecule has 0 aliphatic heterocycles. The SMILES string of the molecule is CCc1nc(=O)n(Cc2nccs2)c(CC)c1CC(=O)O. The van der Waals surface area contributed by atoms with Crippen molar-refractivity contribution in [1.29, 1.82) is 0 Å². The Morgan fingerprint density at radius 1 is 1.38 bits per heavy atom. The number of carbonyl (C=O) groups is 1. The molecular weight excluding hydrogens is 290 g/mol. The van der Waals surface area contributed by atoms with Gasteiger partial charge in [-0.05, 0) is 12.8 Å². The van der Waals surface area contributed by atoms with Crippen molar-refractivity contribution in [2.24, 2.45) is 0 Å². The minimum absolute atomic E-state index is 0.114. The highest BCUT2D eigenvalue weighted by atomic mass is 32.1. The number of rotatable bonds is 6. The van der Waals surface area contributed by atoms with Crippen molar-refractivity contribution in [3.8, 4) is 0 Å². The Kier molecular flexibility index (Phi) is 4.85. The normalized spacial score (nSPS) is 10.8. The maximum atomic E-state index is 12.2. The molecule has 112 valence electrons. The van der Waals surface area contributed by atoms with Gasteiger partial charge in [0, 0.05) is 22.8 Å². The summed E-state index contributed by atoms with van der Waals surface area (Å²) in [5.74, 6) is -0.916. The zero-order valence-corrected chi connectivity index (χ0v) is 12.8. The monoisotopic (exact) mass is 307 g/mol. The molecule has 0 aliphatic rings. The summed E-state index contributed by atoms with van der Waals surface area (Å²) in [6, 6.07) is 0. The van der Waals surface area contributed by atoms with Gasteiger partial charge in [0.2, 0.25) is 0 Å². The molecule has 6 nitrogen and oxygen atoms in total. The fourth-order valence-corrected chi connectivity index (χ4v) is 2.97. The van der Waals surface area contributed by atoms with E-state index in [2.05, 4.69) is 9.97 Å². The van der Waals surface area contributed by atoms with E-state index >= 15 is 0 Å². The number of hydrogen-bond acceptors (Lipinski definition) is 5. The first kappa shape index (κ1) is 15.4. The average Bonchev–Trinajstić information content (AvgIpc) is 2.94. The number of nitrogens with zero attached hydrogens (tertiary/aromatic N) is 3. The van der Waals surface area contributed by atoms with E-state index in [0.717, 1.165) is 10.7 Å². The van der Waals surface area contributed by atoms with Crippen LogP contribution in [0.1, 0.15) is 35.8 Å². The highest BCUT2D eigenvalue weighted by Gasteiger charge is 2.18. The molecule has 2 rings (SSSR count). The Morgan fingerprint density at radius 3 is 2.67 bits per heavy atom. The van der Waals surface area contributed by atoms with Crippen molar-refractivity contribution in [3.05, 3.63) is 44.0 Å². The van der Waals surface area contributed by atoms with Gasteiger partial charge in [0.15, 0.2) is 0 Å². The predicted molar refractivity (Wildman–Crippen MR) is 79.8 cm³/mol. The van der Waals surface area contributed by atoms with Gasteiger partial charge >= 0.3 is 11.7 Å². The van der Waals surface area contributed by atoms with Crippen molar-refractivity contribution in [3.63, 3.8) is 0 Å². The lowest BCUT2D eigenvalue weighted by molar-refractivity contribution is -0.136. The van der Waals surface area contributed by atoms with E-state index in [0.29, 0.717) is 30.6 Å². The smallest absolute Gasteiger partial charge is 0.348 e. The van der Waals surface area contributed by atoms with Crippen molar-refractivity contribution in [2.75, 3.05) is 0 Å². The van der Waals surface area contributed by atoms with Gasteiger partial charge < -0.3 is 5.11 Å². The lowest BCUT2D eigenvalue weighted by atomic mass is 10.0. The summed E-state index contributed by atoms with van der Waals surface area (Å²) >= 11 is 1.46. The van der Waals surface area contributed by atoms with Gasteiger partial charge in [-0.1, -0.05) is 13.8 Å². The Labute approximate surface area is 126 Å². The minimum Gasteiger partial charge on any atom is -0.481 e. The first-order valence-corrected chi connectivity index (χ1v) is 7.66. The molecular formula is C14H17N3O3S. The molecule has 0 atom stereocenters. The van der Waals surface area contributed by atoms with E-state index in [1.54, 1.807) is 6.20 Å². The molecule has 2 aromatic heterocycles. The Balaban J connectivity index is 2.58. The summed E-state index contributed by atoms with van der Waals surface area (Å²) in [6.45, 7) is 4.12. The van der Waals surface area contributed by atoms with Crippen LogP contribution in [0.25, 0.3) is 0 Å². The summed E-state index contributed by atoms with van der Waals surface area (Å²) in [6.07, 6.45) is 2.70. The molecule has 0 unspecified atom stereocenters. The average molecular weight is 307 g/mol. The van der Waals surface area contributed by atoms with E-state index in [1.165, 1.54) is 15.9 Å². The molecule has 0 radical (unpaired) electrons. The Bertz CT molecular complexity index is 692. The van der Waals surface area contributed by atoms with Crippen LogP contribution in [-0.4, -0.2) is 25.6 Å². The molecule has 0 spiro atoms. The van der Waals surface area contributed by atoms with Crippen molar-refractivity contribution in [1.82, 2.24) is 14.5 Å². The summed E-state index contributed by atoms with van der Waals surface area (Å²) < 4.78 is 1.54. The fraction of sp³-hybridized carbons (Fsp3) is 0.429. The van der Waals surface area contributed by atoms with E-state index in [-0.39, 0.29) is 12.1 Å². The molecule has 0 aromatic carbocycles. The number of aromatic nitrogens is 3. The van der Waals surface area contributed by atoms with Gasteiger partial charge in [0.25, 0.3) is 0 Å². The van der Waals surface area contributed by atoms with Crippen LogP contribution < -0.4 is 5.69 Å². The fourth-order valence-electron chi connectivity index (χ4n) is 2.37. The maximum Gasteiger partial charge on any atom is 0.348 e. The number of aliphatic carboxylic acids is 1. The lowest BCUT2D eigenvalue weighted by Gasteiger charge is -2.16. The maximum absolute atomic E-state index is 12.2. The van der Waals surface area contributed by atoms with Crippen LogP contribution in [0.4, 0.5) is 0 Å². The number of thiazole rings is 1. The summed E-state index contributed by atoms with van der Waals surface area (Å²) in [5.41, 5.74) is 1.63. The van der Waals surface area contributed by atoms with E-state index in [1.807, 2.05) is 19.2 Å². The van der Waals surface area contributed by atoms with Gasteiger partial charge in [-0.25, -0.2) is 9.78 Å². The highest BCUT2D eigenvalue weighted by molar-refractivity contribution is 7.09. The zero-order valence-electron chi connectivity index (χ0n) is 12.0. The second-order valence-corrected chi connectivity index (χ2v) is 5.54. The van der Waals surface area contributed by atoms with Crippen LogP contribution in [0.3, 0.4) is 0 Å². The van der Waals surface area contributed by atoms with Gasteiger partial charge in [-0.3, -0.25) is 9.36 Å². The molecule has 0 saturated heterocycles. The van der Waals surface area contributed by atoms with Crippen molar-refractivity contribution in [2.45, 2.75) is 39.7 Å². The number of carboxylic acids is 1. The molecule has 7 heteroatoms. The van der Waals surface area contributed by atoms with E-state index in [9.17, 15) is 9.59 Å². The van der Waals surface area contributed by atoms with Gasteiger partial charge in [0.1, 0.15) is 5.01 Å². The van der Waals surface area contributed by atoms with Gasteiger partial charge in [-0.2, -0.15) is 4.98 Å². The summed E-state index contributed by atoms with van der Waals surface area (Å²) in [7, 11) is 0. The summed E-state index contributed by atoms with van der Waals surface area (Å²) in [5, 5.41) is 11.7. The second-order valence-electron chi connectivity index (χ2n) is 4.56. The molecule has 0 bridgehead atoms. The van der Waals surface area contributed by atoms with Crippen LogP contribution in [0, 0.1) is 0 Å². The Morgan fingerprint density at radius 2 is 2.14 bits per heavy atom. The predicted octanol–water partition coefficient (Wildman–Crippen LogP) is 1.50. The van der Waals surface area contributed by atoms with Crippen LogP contribution in [0.15, 0.2) is 16.4 Å². The van der Waals surface area contributed by atoms with Crippen LogP contribution in [-0.2, 0) is 30.6 Å². The van der Waals surface area contributed by atoms with E-state index < -0.39 is 5.97 Å². The van der Waals surface area contributed by atoms with Gasteiger partial charge in [0.05, 0.1) is 18.7 Å². The highest BCUT2D eigenvalue weighted by Crippen LogP contribution is 2.16. The van der Waals surface area contributed by atoms with Crippen LogP contribution >= 0.6 is 11.3 Å². The molecule has 0 aliphatic carbocycles. The lowest BCUT2D eigenvalue weighted by Crippen LogP contribution is -2.30. The summed E-state index contributed by atoms with van der Waals surface area (Å²) in [4.78, 5) is 31.5. The first-order valence-electron chi connectivity index (χ1n) is 6.78. The number of hydrogen-bond donors (Lipinski definition) is 1. The van der Waals surface area contributed by atoms with E-state index in [4.69, 9.17) is 5.11 Å². The quantitative estimate of drug-likeness (QED) is 0.874. The molecule has 2 aromatic rings. The van der Waals surface area contributed by atoms with Crippen molar-refractivity contribution >= 4 is 17.3 Å². The molecule has 21 heavy (non-hydrogen) atoms. The zero-order chi connectivity index (χ0) is 15.4. The second kappa shape index (κ2) is 6.62. The first-order chi connectivity index (χ1) is 10.1. The third-order valence-electron chi connectivity index (χ3n) is 3.26.